The molecule has 0 saturated heterocycles. The minimum absolute atomic E-state index is 0.0546. The second-order valence-electron chi connectivity index (χ2n) is 4.15. The van der Waals surface area contributed by atoms with Gasteiger partial charge in [0.15, 0.2) is 5.82 Å². The van der Waals surface area contributed by atoms with Crippen molar-refractivity contribution in [2.45, 2.75) is 25.6 Å². The molecule has 0 aliphatic heterocycles. The molecule has 6 heteroatoms. The Balaban J connectivity index is 2.33. The fourth-order valence-electron chi connectivity index (χ4n) is 1.80. The molecule has 5 nitrogen and oxygen atoms in total. The van der Waals surface area contributed by atoms with Crippen LogP contribution < -0.4 is 5.73 Å². The third-order valence-corrected chi connectivity index (χ3v) is 3.67. The predicted molar refractivity (Wildman–Crippen MR) is 67.3 cm³/mol. The standard InChI is InChI=1S/C11H16BrN3O2/c1-16-5-7-8(12)10(13)15-11(14-7)9(17-2)6-3-4-6/h6,9H,3-5H2,1-2H3,(H2,13,14,15). The predicted octanol–water partition coefficient (Wildman–Crippen LogP) is 2.07. The van der Waals surface area contributed by atoms with Crippen molar-refractivity contribution in [2.75, 3.05) is 20.0 Å². The molecule has 1 saturated carbocycles. The van der Waals surface area contributed by atoms with Gasteiger partial charge in [-0.25, -0.2) is 9.97 Å². The van der Waals surface area contributed by atoms with Crippen molar-refractivity contribution < 1.29 is 9.47 Å². The summed E-state index contributed by atoms with van der Waals surface area (Å²) >= 11 is 3.37. The minimum atomic E-state index is -0.0546. The molecule has 1 unspecified atom stereocenters. The number of rotatable bonds is 5. The van der Waals surface area contributed by atoms with E-state index >= 15 is 0 Å². The number of methoxy groups -OCH3 is 2. The maximum Gasteiger partial charge on any atom is 0.160 e. The number of hydrogen-bond donors (Lipinski definition) is 1. The molecule has 0 spiro atoms. The van der Waals surface area contributed by atoms with Crippen molar-refractivity contribution in [1.29, 1.82) is 0 Å². The van der Waals surface area contributed by atoms with E-state index in [1.165, 1.54) is 0 Å². The SMILES string of the molecule is COCc1nc(C(OC)C2CC2)nc(N)c1Br. The van der Waals surface area contributed by atoms with Gasteiger partial charge in [0.05, 0.1) is 16.8 Å². The maximum absolute atomic E-state index is 5.86. The summed E-state index contributed by atoms with van der Waals surface area (Å²) in [6.07, 6.45) is 2.27. The highest BCUT2D eigenvalue weighted by Crippen LogP contribution is 2.42. The smallest absolute Gasteiger partial charge is 0.160 e. The molecule has 17 heavy (non-hydrogen) atoms. The molecule has 0 radical (unpaired) electrons. The molecular formula is C11H16BrN3O2. The highest BCUT2D eigenvalue weighted by Gasteiger charge is 2.35. The lowest BCUT2D eigenvalue weighted by Crippen LogP contribution is -2.13. The summed E-state index contributed by atoms with van der Waals surface area (Å²) in [6.45, 7) is 0.404. The summed E-state index contributed by atoms with van der Waals surface area (Å²) in [4.78, 5) is 8.75. The average molecular weight is 302 g/mol. The molecule has 1 aromatic heterocycles. The molecular weight excluding hydrogens is 286 g/mol. The van der Waals surface area contributed by atoms with Gasteiger partial charge in [0, 0.05) is 14.2 Å². The monoisotopic (exact) mass is 301 g/mol. The second-order valence-corrected chi connectivity index (χ2v) is 4.95. The van der Waals surface area contributed by atoms with E-state index in [1.54, 1.807) is 14.2 Å². The van der Waals surface area contributed by atoms with E-state index in [0.717, 1.165) is 18.5 Å². The van der Waals surface area contributed by atoms with Crippen LogP contribution in [0.3, 0.4) is 0 Å². The first kappa shape index (κ1) is 12.7. The Morgan fingerprint density at radius 1 is 1.41 bits per heavy atom. The van der Waals surface area contributed by atoms with E-state index in [1.807, 2.05) is 0 Å². The molecule has 0 aromatic carbocycles. The summed E-state index contributed by atoms with van der Waals surface area (Å²) in [5.74, 6) is 1.61. The second kappa shape index (κ2) is 5.29. The minimum Gasteiger partial charge on any atom is -0.383 e. The Hall–Kier alpha value is -0.720. The van der Waals surface area contributed by atoms with Gasteiger partial charge >= 0.3 is 0 Å². The van der Waals surface area contributed by atoms with E-state index in [-0.39, 0.29) is 6.10 Å². The van der Waals surface area contributed by atoms with Gasteiger partial charge in [-0.1, -0.05) is 0 Å². The van der Waals surface area contributed by atoms with Crippen molar-refractivity contribution >= 4 is 21.7 Å². The van der Waals surface area contributed by atoms with Gasteiger partial charge in [-0.15, -0.1) is 0 Å². The number of nitrogens with two attached hydrogens (primary N) is 1. The number of ether oxygens (including phenoxy) is 2. The van der Waals surface area contributed by atoms with Gasteiger partial charge in [-0.2, -0.15) is 0 Å². The number of aromatic nitrogens is 2. The van der Waals surface area contributed by atoms with Crippen LogP contribution in [0.2, 0.25) is 0 Å². The molecule has 0 bridgehead atoms. The quantitative estimate of drug-likeness (QED) is 0.901. The summed E-state index contributed by atoms with van der Waals surface area (Å²) < 4.78 is 11.2. The highest BCUT2D eigenvalue weighted by atomic mass is 79.9. The molecule has 1 heterocycles. The van der Waals surface area contributed by atoms with Crippen LogP contribution in [0.4, 0.5) is 5.82 Å². The topological polar surface area (TPSA) is 70.3 Å². The van der Waals surface area contributed by atoms with Crippen LogP contribution in [0.25, 0.3) is 0 Å². The van der Waals surface area contributed by atoms with Gasteiger partial charge in [0.2, 0.25) is 0 Å². The van der Waals surface area contributed by atoms with E-state index in [4.69, 9.17) is 15.2 Å². The first-order valence-electron chi connectivity index (χ1n) is 5.51. The Kier molecular flexibility index (Phi) is 3.96. The molecule has 1 aromatic rings. The van der Waals surface area contributed by atoms with E-state index < -0.39 is 0 Å². The van der Waals surface area contributed by atoms with Crippen molar-refractivity contribution in [3.63, 3.8) is 0 Å². The van der Waals surface area contributed by atoms with Gasteiger partial charge in [-0.3, -0.25) is 0 Å². The van der Waals surface area contributed by atoms with Crippen LogP contribution in [0.1, 0.15) is 30.5 Å². The van der Waals surface area contributed by atoms with Crippen LogP contribution in [0, 0.1) is 5.92 Å². The summed E-state index contributed by atoms with van der Waals surface area (Å²) in [5, 5.41) is 0. The molecule has 1 aliphatic rings. The van der Waals surface area contributed by atoms with Crippen LogP contribution in [-0.4, -0.2) is 24.2 Å². The van der Waals surface area contributed by atoms with Crippen LogP contribution in [-0.2, 0) is 16.1 Å². The van der Waals surface area contributed by atoms with Crippen LogP contribution in [0.5, 0.6) is 0 Å². The van der Waals surface area contributed by atoms with Crippen molar-refractivity contribution in [3.05, 3.63) is 16.0 Å². The maximum atomic E-state index is 5.86. The summed E-state index contributed by atoms with van der Waals surface area (Å²) in [5.41, 5.74) is 6.62. The number of nitrogen functional groups attached to an aromatic ring is 1. The molecule has 0 amide bonds. The largest absolute Gasteiger partial charge is 0.383 e. The van der Waals surface area contributed by atoms with Crippen LogP contribution >= 0.6 is 15.9 Å². The molecule has 2 rings (SSSR count). The lowest BCUT2D eigenvalue weighted by Gasteiger charge is -2.15. The Bertz CT molecular complexity index is 410. The number of halogens is 1. The highest BCUT2D eigenvalue weighted by molar-refractivity contribution is 9.10. The lowest BCUT2D eigenvalue weighted by molar-refractivity contribution is 0.0765. The first-order chi connectivity index (χ1) is 8.17. The zero-order valence-electron chi connectivity index (χ0n) is 9.94. The average Bonchev–Trinajstić information content (AvgIpc) is 3.11. The van der Waals surface area contributed by atoms with Crippen molar-refractivity contribution in [1.82, 2.24) is 9.97 Å². The molecule has 94 valence electrons. The normalized spacial score (nSPS) is 17.1. The summed E-state index contributed by atoms with van der Waals surface area (Å²) in [7, 11) is 3.31. The molecule has 1 atom stereocenters. The van der Waals surface area contributed by atoms with E-state index in [9.17, 15) is 0 Å². The van der Waals surface area contributed by atoms with Gasteiger partial charge in [-0.05, 0) is 34.7 Å². The fourth-order valence-corrected chi connectivity index (χ4v) is 2.09. The van der Waals surface area contributed by atoms with Gasteiger partial charge in [0.1, 0.15) is 11.9 Å². The van der Waals surface area contributed by atoms with Gasteiger partial charge < -0.3 is 15.2 Å². The zero-order chi connectivity index (χ0) is 12.4. The van der Waals surface area contributed by atoms with Crippen LogP contribution in [0.15, 0.2) is 4.47 Å². The third-order valence-electron chi connectivity index (χ3n) is 2.80. The first-order valence-corrected chi connectivity index (χ1v) is 6.30. The third kappa shape index (κ3) is 2.75. The number of nitrogens with zero attached hydrogens (tertiary/aromatic N) is 2. The Labute approximate surface area is 109 Å². The van der Waals surface area contributed by atoms with Crippen molar-refractivity contribution in [2.24, 2.45) is 5.92 Å². The van der Waals surface area contributed by atoms with E-state index in [0.29, 0.717) is 28.6 Å². The van der Waals surface area contributed by atoms with E-state index in [2.05, 4.69) is 25.9 Å². The lowest BCUT2D eigenvalue weighted by atomic mass is 10.2. The summed E-state index contributed by atoms with van der Waals surface area (Å²) in [6, 6.07) is 0. The Morgan fingerprint density at radius 3 is 2.65 bits per heavy atom. The van der Waals surface area contributed by atoms with Crippen molar-refractivity contribution in [3.8, 4) is 0 Å². The molecule has 2 N–H and O–H groups in total. The Morgan fingerprint density at radius 2 is 2.12 bits per heavy atom. The zero-order valence-corrected chi connectivity index (χ0v) is 11.5. The fraction of sp³-hybridized carbons (Fsp3) is 0.636. The number of hydrogen-bond acceptors (Lipinski definition) is 5. The number of anilines is 1. The molecule has 1 aliphatic carbocycles. The van der Waals surface area contributed by atoms with Gasteiger partial charge in [0.25, 0.3) is 0 Å². The molecule has 1 fully saturated rings.